The molecule has 1 N–H and O–H groups in total. The maximum absolute atomic E-state index is 11.9. The maximum Gasteiger partial charge on any atom is 0.259 e. The van der Waals surface area contributed by atoms with E-state index < -0.39 is 6.43 Å². The van der Waals surface area contributed by atoms with Crippen molar-refractivity contribution in [2.24, 2.45) is 0 Å². The summed E-state index contributed by atoms with van der Waals surface area (Å²) in [5.41, 5.74) is 0.188. The molecule has 1 saturated carbocycles. The molecule has 70 valence electrons. The van der Waals surface area contributed by atoms with Crippen molar-refractivity contribution in [1.82, 2.24) is 5.32 Å². The Kier molecular flexibility index (Phi) is 3.66. The van der Waals surface area contributed by atoms with Crippen molar-refractivity contribution in [2.45, 2.75) is 38.7 Å². The van der Waals surface area contributed by atoms with Crippen molar-refractivity contribution < 1.29 is 8.78 Å². The minimum atomic E-state index is -2.29. The third-order valence-electron chi connectivity index (χ3n) is 1.97. The minimum Gasteiger partial charge on any atom is -0.314 e. The van der Waals surface area contributed by atoms with Crippen LogP contribution < -0.4 is 5.32 Å². The van der Waals surface area contributed by atoms with Crippen molar-refractivity contribution in [3.05, 3.63) is 11.6 Å². The Bertz CT molecular complexity index is 162. The molecule has 0 atom stereocenters. The number of hydrogen-bond acceptors (Lipinski definition) is 1. The number of nitrogens with one attached hydrogen (secondary N) is 1. The van der Waals surface area contributed by atoms with E-state index in [2.05, 4.69) is 5.32 Å². The summed E-state index contributed by atoms with van der Waals surface area (Å²) in [6.45, 7) is 2.30. The Balaban J connectivity index is 2.02. The minimum absolute atomic E-state index is 0.188. The summed E-state index contributed by atoms with van der Waals surface area (Å²) in [5.74, 6) is 0. The van der Waals surface area contributed by atoms with E-state index in [1.807, 2.05) is 0 Å². The Labute approximate surface area is 71.8 Å². The normalized spacial score (nSPS) is 18.8. The van der Waals surface area contributed by atoms with Gasteiger partial charge in [0.05, 0.1) is 0 Å². The lowest BCUT2D eigenvalue weighted by atomic mass is 10.2. The van der Waals surface area contributed by atoms with Gasteiger partial charge in [0, 0.05) is 6.04 Å². The fourth-order valence-electron chi connectivity index (χ4n) is 0.964. The van der Waals surface area contributed by atoms with Crippen LogP contribution in [0, 0.1) is 0 Å². The predicted molar refractivity (Wildman–Crippen MR) is 45.4 cm³/mol. The van der Waals surface area contributed by atoms with E-state index in [-0.39, 0.29) is 5.57 Å². The Morgan fingerprint density at radius 2 is 2.25 bits per heavy atom. The van der Waals surface area contributed by atoms with Crippen LogP contribution in [0.2, 0.25) is 0 Å². The van der Waals surface area contributed by atoms with Crippen molar-refractivity contribution in [3.63, 3.8) is 0 Å². The second kappa shape index (κ2) is 4.55. The van der Waals surface area contributed by atoms with Gasteiger partial charge in [-0.1, -0.05) is 6.08 Å². The highest BCUT2D eigenvalue weighted by Crippen LogP contribution is 2.18. The molecule has 0 spiro atoms. The van der Waals surface area contributed by atoms with Gasteiger partial charge < -0.3 is 5.32 Å². The average molecular weight is 175 g/mol. The Morgan fingerprint density at radius 3 is 2.75 bits per heavy atom. The topological polar surface area (TPSA) is 12.0 Å². The van der Waals surface area contributed by atoms with E-state index in [0.29, 0.717) is 12.5 Å². The molecule has 0 aromatic carbocycles. The number of alkyl halides is 2. The molecule has 1 aliphatic carbocycles. The molecule has 1 aliphatic rings. The van der Waals surface area contributed by atoms with Crippen LogP contribution in [0.15, 0.2) is 11.6 Å². The average Bonchev–Trinajstić information content (AvgIpc) is 2.80. The predicted octanol–water partition coefficient (Wildman–Crippen LogP) is 2.34. The summed E-state index contributed by atoms with van der Waals surface area (Å²) in [5, 5.41) is 3.26. The molecular weight excluding hydrogens is 160 g/mol. The van der Waals surface area contributed by atoms with Gasteiger partial charge >= 0.3 is 0 Å². The Hall–Kier alpha value is -0.440. The van der Waals surface area contributed by atoms with E-state index in [1.165, 1.54) is 19.8 Å². The summed E-state index contributed by atoms with van der Waals surface area (Å²) < 4.78 is 23.9. The van der Waals surface area contributed by atoms with Crippen LogP contribution in [0.5, 0.6) is 0 Å². The Morgan fingerprint density at radius 1 is 1.58 bits per heavy atom. The van der Waals surface area contributed by atoms with E-state index in [1.54, 1.807) is 6.08 Å². The number of allylic oxidation sites excluding steroid dienone is 1. The van der Waals surface area contributed by atoms with Crippen LogP contribution in [-0.2, 0) is 0 Å². The smallest absolute Gasteiger partial charge is 0.259 e. The molecule has 0 aliphatic heterocycles. The van der Waals surface area contributed by atoms with Crippen LogP contribution in [0.3, 0.4) is 0 Å². The summed E-state index contributed by atoms with van der Waals surface area (Å²) >= 11 is 0. The molecule has 1 fully saturated rings. The van der Waals surface area contributed by atoms with Crippen molar-refractivity contribution in [2.75, 3.05) is 6.54 Å². The highest BCUT2D eigenvalue weighted by molar-refractivity contribution is 5.01. The first kappa shape index (κ1) is 9.65. The lowest BCUT2D eigenvalue weighted by molar-refractivity contribution is 0.189. The zero-order chi connectivity index (χ0) is 8.97. The van der Waals surface area contributed by atoms with Crippen LogP contribution in [-0.4, -0.2) is 19.0 Å². The van der Waals surface area contributed by atoms with Crippen molar-refractivity contribution in [3.8, 4) is 0 Å². The highest BCUT2D eigenvalue weighted by atomic mass is 19.3. The fourth-order valence-corrected chi connectivity index (χ4v) is 0.964. The zero-order valence-electron chi connectivity index (χ0n) is 7.32. The standard InChI is InChI=1S/C9H15F2N/c1-7(9(10)11)3-2-6-12-8-4-5-8/h3,8-9,12H,2,4-6H2,1H3. The number of halogens is 2. The third-order valence-corrected chi connectivity index (χ3v) is 1.97. The van der Waals surface area contributed by atoms with Gasteiger partial charge in [0.2, 0.25) is 0 Å². The lowest BCUT2D eigenvalue weighted by Crippen LogP contribution is -2.16. The molecule has 0 bridgehead atoms. The number of rotatable bonds is 5. The van der Waals surface area contributed by atoms with Crippen LogP contribution in [0.4, 0.5) is 8.78 Å². The first-order valence-electron chi connectivity index (χ1n) is 4.38. The van der Waals surface area contributed by atoms with Crippen molar-refractivity contribution >= 4 is 0 Å². The second-order valence-electron chi connectivity index (χ2n) is 3.27. The van der Waals surface area contributed by atoms with Gasteiger partial charge in [0.25, 0.3) is 6.43 Å². The van der Waals surface area contributed by atoms with E-state index in [0.717, 1.165) is 6.54 Å². The molecule has 0 heterocycles. The fraction of sp³-hybridized carbons (Fsp3) is 0.778. The van der Waals surface area contributed by atoms with Gasteiger partial charge in [-0.2, -0.15) is 0 Å². The molecule has 1 rings (SSSR count). The van der Waals surface area contributed by atoms with Gasteiger partial charge in [0.1, 0.15) is 0 Å². The first-order chi connectivity index (χ1) is 5.70. The largest absolute Gasteiger partial charge is 0.314 e. The molecule has 1 nitrogen and oxygen atoms in total. The highest BCUT2D eigenvalue weighted by Gasteiger charge is 2.19. The quantitative estimate of drug-likeness (QED) is 0.499. The lowest BCUT2D eigenvalue weighted by Gasteiger charge is -2.00. The van der Waals surface area contributed by atoms with Gasteiger partial charge in [-0.25, -0.2) is 8.78 Å². The van der Waals surface area contributed by atoms with Gasteiger partial charge in [0.15, 0.2) is 0 Å². The first-order valence-corrected chi connectivity index (χ1v) is 4.38. The molecule has 0 saturated heterocycles. The third kappa shape index (κ3) is 3.81. The second-order valence-corrected chi connectivity index (χ2v) is 3.27. The zero-order valence-corrected chi connectivity index (χ0v) is 7.32. The van der Waals surface area contributed by atoms with E-state index in [9.17, 15) is 8.78 Å². The molecule has 0 unspecified atom stereocenters. The van der Waals surface area contributed by atoms with E-state index in [4.69, 9.17) is 0 Å². The molecule has 0 amide bonds. The molecule has 3 heteroatoms. The molecule has 0 aromatic rings. The number of hydrogen-bond donors (Lipinski definition) is 1. The summed E-state index contributed by atoms with van der Waals surface area (Å²) in [4.78, 5) is 0. The van der Waals surface area contributed by atoms with Crippen LogP contribution in [0.1, 0.15) is 26.2 Å². The van der Waals surface area contributed by atoms with Crippen molar-refractivity contribution in [1.29, 1.82) is 0 Å². The molecular formula is C9H15F2N. The van der Waals surface area contributed by atoms with E-state index >= 15 is 0 Å². The molecule has 12 heavy (non-hydrogen) atoms. The maximum atomic E-state index is 11.9. The monoisotopic (exact) mass is 175 g/mol. The molecule has 0 aromatic heterocycles. The summed E-state index contributed by atoms with van der Waals surface area (Å²) in [7, 11) is 0. The van der Waals surface area contributed by atoms with Gasteiger partial charge in [-0.15, -0.1) is 0 Å². The van der Waals surface area contributed by atoms with Gasteiger partial charge in [-0.05, 0) is 38.3 Å². The SMILES string of the molecule is CC(=CCCNC1CC1)C(F)F. The van der Waals surface area contributed by atoms with Gasteiger partial charge in [-0.3, -0.25) is 0 Å². The van der Waals surface area contributed by atoms with Crippen LogP contribution in [0.25, 0.3) is 0 Å². The summed E-state index contributed by atoms with van der Waals surface area (Å²) in [6, 6.07) is 0.672. The molecule has 0 radical (unpaired) electrons. The van der Waals surface area contributed by atoms with Crippen LogP contribution >= 0.6 is 0 Å². The summed E-state index contributed by atoms with van der Waals surface area (Å²) in [6.07, 6.45) is 2.54.